The molecule has 0 fully saturated rings. The lowest BCUT2D eigenvalue weighted by Gasteiger charge is -2.18. The molecule has 44 heavy (non-hydrogen) atoms. The SMILES string of the molecule is CCc1c(C(=O)O)c(C(=O)O)n(-c2c(C)cc(C)cc2C)c1CC.Cc1cc(C)c(-n2ccc(C(=O)O)c2C(=O)O)c(C)c1. The van der Waals surface area contributed by atoms with Crippen LogP contribution in [0.25, 0.3) is 11.4 Å². The van der Waals surface area contributed by atoms with E-state index in [4.69, 9.17) is 5.11 Å². The van der Waals surface area contributed by atoms with Gasteiger partial charge in [0, 0.05) is 11.9 Å². The minimum absolute atomic E-state index is 0.0961. The summed E-state index contributed by atoms with van der Waals surface area (Å²) in [5, 5.41) is 37.7. The van der Waals surface area contributed by atoms with Crippen molar-refractivity contribution >= 4 is 23.9 Å². The Kier molecular flexibility index (Phi) is 9.89. The highest BCUT2D eigenvalue weighted by atomic mass is 16.4. The zero-order chi connectivity index (χ0) is 33.2. The van der Waals surface area contributed by atoms with Gasteiger partial charge in [0.25, 0.3) is 0 Å². The van der Waals surface area contributed by atoms with Crippen LogP contribution >= 0.6 is 0 Å². The number of carboxylic acid groups (broad SMARTS) is 4. The highest BCUT2D eigenvalue weighted by molar-refractivity contribution is 6.03. The Hall–Kier alpha value is -5.12. The topological polar surface area (TPSA) is 159 Å². The molecule has 4 aromatic rings. The number of nitrogens with zero attached hydrogens (tertiary/aromatic N) is 2. The summed E-state index contributed by atoms with van der Waals surface area (Å²) in [5.74, 6) is -4.92. The molecule has 0 saturated heterocycles. The minimum atomic E-state index is -1.26. The lowest BCUT2D eigenvalue weighted by atomic mass is 10.0. The van der Waals surface area contributed by atoms with E-state index in [1.165, 1.54) is 16.8 Å². The molecule has 0 radical (unpaired) electrons. The molecule has 0 saturated carbocycles. The number of benzene rings is 2. The van der Waals surface area contributed by atoms with Gasteiger partial charge in [0.05, 0.1) is 22.5 Å². The molecule has 0 aliphatic carbocycles. The summed E-state index contributed by atoms with van der Waals surface area (Å²) in [4.78, 5) is 46.2. The van der Waals surface area contributed by atoms with E-state index in [1.807, 2.05) is 79.7 Å². The predicted octanol–water partition coefficient (Wildman–Crippen LogP) is 6.72. The third-order valence-corrected chi connectivity index (χ3v) is 7.54. The largest absolute Gasteiger partial charge is 0.478 e. The summed E-state index contributed by atoms with van der Waals surface area (Å²) in [6, 6.07) is 9.16. The summed E-state index contributed by atoms with van der Waals surface area (Å²) in [6.07, 6.45) is 2.52. The van der Waals surface area contributed by atoms with E-state index < -0.39 is 23.9 Å². The fourth-order valence-corrected chi connectivity index (χ4v) is 6.19. The van der Waals surface area contributed by atoms with Crippen LogP contribution in [-0.2, 0) is 12.8 Å². The number of aryl methyl sites for hydroxylation is 6. The molecule has 0 unspecified atom stereocenters. The molecule has 0 aliphatic heterocycles. The number of hydrogen-bond acceptors (Lipinski definition) is 4. The normalized spacial score (nSPS) is 10.7. The maximum absolute atomic E-state index is 11.9. The molecule has 2 aromatic carbocycles. The van der Waals surface area contributed by atoms with Crippen molar-refractivity contribution in [1.82, 2.24) is 9.13 Å². The standard InChI is InChI=1S/C19H23NO4.C15H15NO4/c1-6-13-14(7-2)20(17(19(23)24)15(13)18(21)22)16-11(4)8-10(3)9-12(16)5;1-8-6-9(2)12(10(3)7-8)16-5-4-11(14(17)18)13(16)15(19)20/h8-9H,6-7H2,1-5H3,(H,21,22)(H,23,24);4-7H,1-3H3,(H,17,18)(H,19,20). The van der Waals surface area contributed by atoms with Gasteiger partial charge in [0.1, 0.15) is 11.4 Å². The van der Waals surface area contributed by atoms with E-state index in [0.717, 1.165) is 44.8 Å². The maximum Gasteiger partial charge on any atom is 0.353 e. The monoisotopic (exact) mass is 602 g/mol. The minimum Gasteiger partial charge on any atom is -0.478 e. The van der Waals surface area contributed by atoms with Gasteiger partial charge >= 0.3 is 23.9 Å². The highest BCUT2D eigenvalue weighted by Crippen LogP contribution is 2.32. The van der Waals surface area contributed by atoms with E-state index >= 15 is 0 Å². The zero-order valence-corrected chi connectivity index (χ0v) is 26.2. The van der Waals surface area contributed by atoms with Gasteiger partial charge in [-0.15, -0.1) is 0 Å². The van der Waals surface area contributed by atoms with Crippen molar-refractivity contribution in [2.45, 2.75) is 68.2 Å². The van der Waals surface area contributed by atoms with Crippen LogP contribution in [0.4, 0.5) is 0 Å². The summed E-state index contributed by atoms with van der Waals surface area (Å²) in [5.41, 5.74) is 7.95. The van der Waals surface area contributed by atoms with Crippen LogP contribution in [0.1, 0.15) is 100 Å². The first-order chi connectivity index (χ1) is 20.6. The van der Waals surface area contributed by atoms with E-state index in [2.05, 4.69) is 0 Å². The number of carbonyl (C=O) groups is 4. The lowest BCUT2D eigenvalue weighted by molar-refractivity contribution is 0.0645. The number of carboxylic acids is 4. The lowest BCUT2D eigenvalue weighted by Crippen LogP contribution is -2.15. The van der Waals surface area contributed by atoms with Crippen LogP contribution in [0, 0.1) is 41.5 Å². The van der Waals surface area contributed by atoms with Crippen LogP contribution in [0.3, 0.4) is 0 Å². The molecule has 0 amide bonds. The Labute approximate surface area is 255 Å². The molecule has 10 heteroatoms. The number of aromatic nitrogens is 2. The third kappa shape index (κ3) is 6.15. The Morgan fingerprint density at radius 3 is 1.43 bits per heavy atom. The van der Waals surface area contributed by atoms with Crippen molar-refractivity contribution in [2.24, 2.45) is 0 Å². The zero-order valence-electron chi connectivity index (χ0n) is 26.2. The summed E-state index contributed by atoms with van der Waals surface area (Å²) in [6.45, 7) is 15.3. The van der Waals surface area contributed by atoms with Crippen molar-refractivity contribution in [3.63, 3.8) is 0 Å². The Morgan fingerprint density at radius 2 is 1.07 bits per heavy atom. The average molecular weight is 603 g/mol. The Balaban J connectivity index is 0.000000244. The highest BCUT2D eigenvalue weighted by Gasteiger charge is 2.31. The summed E-state index contributed by atoms with van der Waals surface area (Å²) >= 11 is 0. The fraction of sp³-hybridized carbons (Fsp3) is 0.294. The maximum atomic E-state index is 11.9. The van der Waals surface area contributed by atoms with Gasteiger partial charge in [-0.3, -0.25) is 0 Å². The fourth-order valence-electron chi connectivity index (χ4n) is 6.19. The molecule has 0 spiro atoms. The van der Waals surface area contributed by atoms with Crippen LogP contribution in [0.2, 0.25) is 0 Å². The first-order valence-corrected chi connectivity index (χ1v) is 14.1. The van der Waals surface area contributed by atoms with Crippen LogP contribution in [0.5, 0.6) is 0 Å². The molecule has 4 rings (SSSR count). The van der Waals surface area contributed by atoms with Crippen molar-refractivity contribution in [3.8, 4) is 11.4 Å². The van der Waals surface area contributed by atoms with Gasteiger partial charge < -0.3 is 29.6 Å². The first kappa shape index (κ1) is 33.4. The number of hydrogen-bond donors (Lipinski definition) is 4. The molecule has 2 aromatic heterocycles. The van der Waals surface area contributed by atoms with Crippen molar-refractivity contribution < 1.29 is 39.6 Å². The van der Waals surface area contributed by atoms with Gasteiger partial charge in [0.15, 0.2) is 0 Å². The van der Waals surface area contributed by atoms with Crippen LogP contribution in [0.15, 0.2) is 36.5 Å². The molecule has 0 aliphatic rings. The average Bonchev–Trinajstić information content (AvgIpc) is 3.48. The first-order valence-electron chi connectivity index (χ1n) is 14.1. The van der Waals surface area contributed by atoms with Crippen molar-refractivity contribution in [1.29, 1.82) is 0 Å². The van der Waals surface area contributed by atoms with Crippen LogP contribution in [-0.4, -0.2) is 53.4 Å². The Bertz CT molecular complexity index is 1760. The quantitative estimate of drug-likeness (QED) is 0.173. The van der Waals surface area contributed by atoms with E-state index in [1.54, 1.807) is 4.57 Å². The Morgan fingerprint density at radius 1 is 0.614 bits per heavy atom. The van der Waals surface area contributed by atoms with Crippen molar-refractivity contribution in [3.05, 3.63) is 104 Å². The van der Waals surface area contributed by atoms with E-state index in [-0.39, 0.29) is 22.5 Å². The van der Waals surface area contributed by atoms with E-state index in [9.17, 15) is 34.5 Å². The second-order valence-corrected chi connectivity index (χ2v) is 10.9. The van der Waals surface area contributed by atoms with Crippen molar-refractivity contribution in [2.75, 3.05) is 0 Å². The molecular weight excluding hydrogens is 564 g/mol. The molecule has 0 bridgehead atoms. The second-order valence-electron chi connectivity index (χ2n) is 10.9. The van der Waals surface area contributed by atoms with Gasteiger partial charge in [-0.2, -0.15) is 0 Å². The van der Waals surface area contributed by atoms with Gasteiger partial charge in [-0.25, -0.2) is 19.2 Å². The molecule has 2 heterocycles. The number of rotatable bonds is 8. The van der Waals surface area contributed by atoms with Gasteiger partial charge in [-0.05, 0) is 88.3 Å². The molecule has 232 valence electrons. The van der Waals surface area contributed by atoms with Gasteiger partial charge in [-0.1, -0.05) is 49.2 Å². The third-order valence-electron chi connectivity index (χ3n) is 7.54. The molecule has 10 nitrogen and oxygen atoms in total. The number of aromatic carboxylic acids is 4. The molecular formula is C34H38N2O8. The molecule has 4 N–H and O–H groups in total. The second kappa shape index (κ2) is 13.0. The van der Waals surface area contributed by atoms with Crippen LogP contribution < -0.4 is 0 Å². The predicted molar refractivity (Wildman–Crippen MR) is 167 cm³/mol. The summed E-state index contributed by atoms with van der Waals surface area (Å²) < 4.78 is 3.06. The smallest absolute Gasteiger partial charge is 0.353 e. The molecule has 0 atom stereocenters. The van der Waals surface area contributed by atoms with Gasteiger partial charge in [0.2, 0.25) is 0 Å². The summed E-state index contributed by atoms with van der Waals surface area (Å²) in [7, 11) is 0. The van der Waals surface area contributed by atoms with E-state index in [0.29, 0.717) is 24.1 Å².